The van der Waals surface area contributed by atoms with E-state index in [9.17, 15) is 4.79 Å². The predicted molar refractivity (Wildman–Crippen MR) is 102 cm³/mol. The Hall–Kier alpha value is -2.61. The number of benzene rings is 1. The van der Waals surface area contributed by atoms with Gasteiger partial charge in [-0.3, -0.25) is 9.69 Å². The SMILES string of the molecule is COc1ccc(-c2noc(CN3CCC[C@H](C(=O)NC4CC4)C3)n2)cc1OC. The molecule has 1 aromatic heterocycles. The Kier molecular flexibility index (Phi) is 5.47. The van der Waals surface area contributed by atoms with Crippen molar-refractivity contribution in [1.82, 2.24) is 20.4 Å². The lowest BCUT2D eigenvalue weighted by Crippen LogP contribution is -2.43. The zero-order chi connectivity index (χ0) is 19.5. The molecule has 0 radical (unpaired) electrons. The van der Waals surface area contributed by atoms with Crippen LogP contribution in [0.5, 0.6) is 11.5 Å². The summed E-state index contributed by atoms with van der Waals surface area (Å²) in [7, 11) is 3.19. The summed E-state index contributed by atoms with van der Waals surface area (Å²) in [5, 5.41) is 7.21. The lowest BCUT2D eigenvalue weighted by Gasteiger charge is -2.30. The molecule has 2 heterocycles. The molecule has 1 aliphatic carbocycles. The molecule has 1 saturated carbocycles. The normalized spacial score (nSPS) is 20.0. The van der Waals surface area contributed by atoms with Gasteiger partial charge < -0.3 is 19.3 Å². The number of rotatable bonds is 7. The Morgan fingerprint density at radius 3 is 2.82 bits per heavy atom. The minimum atomic E-state index is 0.0441. The van der Waals surface area contributed by atoms with Crippen LogP contribution in [0.2, 0.25) is 0 Å². The fraction of sp³-hybridized carbons (Fsp3) is 0.550. The number of carbonyl (C=O) groups excluding carboxylic acids is 1. The van der Waals surface area contributed by atoms with Gasteiger partial charge in [-0.25, -0.2) is 0 Å². The average Bonchev–Trinajstić information content (AvgIpc) is 3.42. The standard InChI is InChI=1S/C20H26N4O4/c1-26-16-8-5-13(10-17(16)27-2)19-22-18(28-23-19)12-24-9-3-4-14(11-24)20(25)21-15-6-7-15/h5,8,10,14-15H,3-4,6-7,9,11-12H2,1-2H3,(H,21,25)/t14-/m0/s1. The topological polar surface area (TPSA) is 89.7 Å². The molecule has 2 fully saturated rings. The molecule has 0 spiro atoms. The maximum absolute atomic E-state index is 12.3. The van der Waals surface area contributed by atoms with Crippen molar-refractivity contribution < 1.29 is 18.8 Å². The van der Waals surface area contributed by atoms with Crippen molar-refractivity contribution >= 4 is 5.91 Å². The van der Waals surface area contributed by atoms with E-state index in [2.05, 4.69) is 20.4 Å². The van der Waals surface area contributed by atoms with Crippen molar-refractivity contribution in [3.8, 4) is 22.9 Å². The summed E-state index contributed by atoms with van der Waals surface area (Å²) in [4.78, 5) is 19.1. The Bertz CT molecular complexity index is 833. The van der Waals surface area contributed by atoms with Crippen LogP contribution in [-0.4, -0.2) is 54.3 Å². The Labute approximate surface area is 164 Å². The largest absolute Gasteiger partial charge is 0.493 e. The first-order chi connectivity index (χ1) is 13.7. The minimum Gasteiger partial charge on any atom is -0.493 e. The molecule has 1 amide bonds. The van der Waals surface area contributed by atoms with Crippen molar-refractivity contribution in [2.75, 3.05) is 27.3 Å². The summed E-state index contributed by atoms with van der Waals surface area (Å²) in [6.07, 6.45) is 4.17. The third-order valence-corrected chi connectivity index (χ3v) is 5.27. The number of likely N-dealkylation sites (tertiary alicyclic amines) is 1. The molecular formula is C20H26N4O4. The summed E-state index contributed by atoms with van der Waals surface area (Å²) in [5.74, 6) is 2.56. The second-order valence-corrected chi connectivity index (χ2v) is 7.44. The van der Waals surface area contributed by atoms with Crippen molar-refractivity contribution in [2.24, 2.45) is 5.92 Å². The molecule has 1 atom stereocenters. The van der Waals surface area contributed by atoms with E-state index in [1.54, 1.807) is 14.2 Å². The van der Waals surface area contributed by atoms with E-state index in [0.717, 1.165) is 44.3 Å². The van der Waals surface area contributed by atoms with Gasteiger partial charge in [0.05, 0.1) is 26.7 Å². The first kappa shape index (κ1) is 18.7. The van der Waals surface area contributed by atoms with E-state index in [0.29, 0.717) is 35.8 Å². The second kappa shape index (κ2) is 8.18. The number of piperidine rings is 1. The molecule has 2 aromatic rings. The minimum absolute atomic E-state index is 0.0441. The van der Waals surface area contributed by atoms with Crippen LogP contribution in [0, 0.1) is 5.92 Å². The van der Waals surface area contributed by atoms with Gasteiger partial charge in [0, 0.05) is 18.2 Å². The van der Waals surface area contributed by atoms with Crippen LogP contribution in [0.15, 0.2) is 22.7 Å². The highest BCUT2D eigenvalue weighted by Gasteiger charge is 2.31. The van der Waals surface area contributed by atoms with Crippen molar-refractivity contribution in [1.29, 1.82) is 0 Å². The first-order valence-corrected chi connectivity index (χ1v) is 9.74. The zero-order valence-electron chi connectivity index (χ0n) is 16.3. The number of amides is 1. The van der Waals surface area contributed by atoms with Crippen molar-refractivity contribution in [3.05, 3.63) is 24.1 Å². The average molecular weight is 386 g/mol. The molecule has 2 aliphatic rings. The summed E-state index contributed by atoms with van der Waals surface area (Å²) < 4.78 is 16.0. The van der Waals surface area contributed by atoms with Gasteiger partial charge in [-0.1, -0.05) is 5.16 Å². The molecule has 8 nitrogen and oxygen atoms in total. The van der Waals surface area contributed by atoms with Crippen molar-refractivity contribution in [2.45, 2.75) is 38.3 Å². The molecule has 1 aromatic carbocycles. The number of aromatic nitrogens is 2. The van der Waals surface area contributed by atoms with Crippen LogP contribution in [0.4, 0.5) is 0 Å². The van der Waals surface area contributed by atoms with E-state index < -0.39 is 0 Å². The molecule has 150 valence electrons. The van der Waals surface area contributed by atoms with E-state index in [1.165, 1.54) is 0 Å². The van der Waals surface area contributed by atoms with Crippen molar-refractivity contribution in [3.63, 3.8) is 0 Å². The fourth-order valence-electron chi connectivity index (χ4n) is 3.56. The molecule has 4 rings (SSSR count). The highest BCUT2D eigenvalue weighted by Crippen LogP contribution is 2.31. The molecule has 0 bridgehead atoms. The predicted octanol–water partition coefficient (Wildman–Crippen LogP) is 2.24. The second-order valence-electron chi connectivity index (χ2n) is 7.44. The summed E-state index contributed by atoms with van der Waals surface area (Å²) in [6.45, 7) is 2.21. The van der Waals surface area contributed by atoms with Gasteiger partial charge in [0.15, 0.2) is 11.5 Å². The van der Waals surface area contributed by atoms with E-state index in [-0.39, 0.29) is 11.8 Å². The molecule has 1 N–H and O–H groups in total. The molecule has 8 heteroatoms. The van der Waals surface area contributed by atoms with E-state index in [4.69, 9.17) is 14.0 Å². The Morgan fingerprint density at radius 2 is 2.07 bits per heavy atom. The molecule has 1 aliphatic heterocycles. The van der Waals surface area contributed by atoms with Gasteiger partial charge in [-0.05, 0) is 50.4 Å². The Morgan fingerprint density at radius 1 is 1.25 bits per heavy atom. The number of nitrogens with zero attached hydrogens (tertiary/aromatic N) is 3. The van der Waals surface area contributed by atoms with Gasteiger partial charge in [0.1, 0.15) is 0 Å². The number of hydrogen-bond acceptors (Lipinski definition) is 7. The van der Waals surface area contributed by atoms with E-state index in [1.807, 2.05) is 18.2 Å². The van der Waals surface area contributed by atoms with Crippen LogP contribution >= 0.6 is 0 Å². The lowest BCUT2D eigenvalue weighted by molar-refractivity contribution is -0.127. The fourth-order valence-corrected chi connectivity index (χ4v) is 3.56. The van der Waals surface area contributed by atoms with Gasteiger partial charge in [-0.2, -0.15) is 4.98 Å². The maximum Gasteiger partial charge on any atom is 0.241 e. The summed E-state index contributed by atoms with van der Waals surface area (Å²) >= 11 is 0. The number of methoxy groups -OCH3 is 2. The van der Waals surface area contributed by atoms with Crippen LogP contribution in [-0.2, 0) is 11.3 Å². The molecule has 0 unspecified atom stereocenters. The summed E-state index contributed by atoms with van der Waals surface area (Å²) in [6, 6.07) is 5.92. The first-order valence-electron chi connectivity index (χ1n) is 9.74. The molecular weight excluding hydrogens is 360 g/mol. The third kappa shape index (κ3) is 4.27. The van der Waals surface area contributed by atoms with Gasteiger partial charge in [0.2, 0.25) is 17.6 Å². The quantitative estimate of drug-likeness (QED) is 0.780. The lowest BCUT2D eigenvalue weighted by atomic mass is 9.97. The van der Waals surface area contributed by atoms with Crippen LogP contribution in [0.3, 0.4) is 0 Å². The summed E-state index contributed by atoms with van der Waals surface area (Å²) in [5.41, 5.74) is 0.799. The number of nitrogens with one attached hydrogen (secondary N) is 1. The van der Waals surface area contributed by atoms with E-state index >= 15 is 0 Å². The molecule has 1 saturated heterocycles. The highest BCUT2D eigenvalue weighted by atomic mass is 16.5. The van der Waals surface area contributed by atoms with Gasteiger partial charge in [-0.15, -0.1) is 0 Å². The van der Waals surface area contributed by atoms with Crippen LogP contribution < -0.4 is 14.8 Å². The highest BCUT2D eigenvalue weighted by molar-refractivity contribution is 5.79. The number of hydrogen-bond donors (Lipinski definition) is 1. The molecule has 28 heavy (non-hydrogen) atoms. The van der Waals surface area contributed by atoms with Crippen LogP contribution in [0.1, 0.15) is 31.6 Å². The maximum atomic E-state index is 12.3. The number of carbonyl (C=O) groups is 1. The zero-order valence-corrected chi connectivity index (χ0v) is 16.3. The smallest absolute Gasteiger partial charge is 0.241 e. The van der Waals surface area contributed by atoms with Gasteiger partial charge in [0.25, 0.3) is 0 Å². The number of ether oxygens (including phenoxy) is 2. The third-order valence-electron chi connectivity index (χ3n) is 5.27. The Balaban J connectivity index is 1.39. The van der Waals surface area contributed by atoms with Gasteiger partial charge >= 0.3 is 0 Å². The monoisotopic (exact) mass is 386 g/mol. The van der Waals surface area contributed by atoms with Crippen LogP contribution in [0.25, 0.3) is 11.4 Å².